The molecule has 1 aliphatic carbocycles. The number of allylic oxidation sites excluding steroid dienone is 3. The number of aromatic amines is 1. The summed E-state index contributed by atoms with van der Waals surface area (Å²) in [6.45, 7) is 5.67. The third kappa shape index (κ3) is 6.88. The molecule has 0 saturated heterocycles. The van der Waals surface area contributed by atoms with E-state index >= 15 is 0 Å². The molecule has 0 saturated carbocycles. The zero-order chi connectivity index (χ0) is 37.7. The van der Waals surface area contributed by atoms with E-state index in [1.165, 1.54) is 36.4 Å². The van der Waals surface area contributed by atoms with E-state index in [0.29, 0.717) is 5.70 Å². The molecule has 2 aromatic heterocycles. The van der Waals surface area contributed by atoms with Gasteiger partial charge in [-0.05, 0) is 66.0 Å². The van der Waals surface area contributed by atoms with Crippen LogP contribution in [-0.2, 0) is 20.2 Å². The quantitative estimate of drug-likeness (QED) is 0.0660. The highest BCUT2D eigenvalue weighted by molar-refractivity contribution is 7.86. The van der Waals surface area contributed by atoms with Crippen molar-refractivity contribution in [3.63, 3.8) is 0 Å². The Bertz CT molecular complexity index is 2740. The molecule has 5 aromatic rings. The van der Waals surface area contributed by atoms with Crippen LogP contribution >= 0.6 is 23.2 Å². The number of hydrogen-bond acceptors (Lipinski definition) is 12. The third-order valence-electron chi connectivity index (χ3n) is 7.63. The predicted molar refractivity (Wildman–Crippen MR) is 192 cm³/mol. The summed E-state index contributed by atoms with van der Waals surface area (Å²) in [6.07, 6.45) is 4.67. The molecule has 0 spiro atoms. The SMILES string of the molecule is C=C(/C=C(\C=C/C)Nc1nc(Cl)nc(Cl)n1)Nc1cc(S(=O)(=O)O)c2[nH]c(=O)c(C(=O)c3cccc(S(=O)(=O)O)c3)c3c2c1C(=O)c1ccccc1-3. The molecule has 6 rings (SSSR count). The molecule has 5 N–H and O–H groups in total. The predicted octanol–water partition coefficient (Wildman–Crippen LogP) is 5.45. The van der Waals surface area contributed by atoms with Crippen molar-refractivity contribution < 1.29 is 35.5 Å². The molecule has 3 aromatic carbocycles. The molecule has 0 amide bonds. The standard InChI is InChI=1S/C33H22Cl2N6O9S2/c1-3-7-17(37-33-40-31(34)39-32(35)41-33)12-15(2)36-21-14-22(52(48,49)50)27-25-23(19-10-4-5-11-20(19)29(43)24(21)25)26(30(44)38-27)28(42)16-8-6-9-18(13-16)51(45,46)47/h3-14,36H,2H2,1H3,(H,38,44)(H,45,46,47)(H,48,49,50)(H,37,39,40,41)/b7-3-,17-12+. The average molecular weight is 782 g/mol. The fraction of sp³-hybridized carbons (Fsp3) is 0.0303. The number of aromatic nitrogens is 4. The molecule has 0 atom stereocenters. The van der Waals surface area contributed by atoms with Gasteiger partial charge in [0.15, 0.2) is 11.6 Å². The first-order chi connectivity index (χ1) is 24.5. The van der Waals surface area contributed by atoms with Crippen molar-refractivity contribution in [2.24, 2.45) is 0 Å². The van der Waals surface area contributed by atoms with E-state index in [9.17, 15) is 40.3 Å². The number of halogens is 2. The first kappa shape index (κ1) is 36.2. The maximum atomic E-state index is 14.2. The second-order valence-corrected chi connectivity index (χ2v) is 14.5. The Hall–Kier alpha value is -5.56. The number of benzene rings is 3. The summed E-state index contributed by atoms with van der Waals surface area (Å²) in [6, 6.07) is 11.2. The van der Waals surface area contributed by atoms with Gasteiger partial charge in [-0.25, -0.2) is 0 Å². The zero-order valence-corrected chi connectivity index (χ0v) is 29.4. The number of nitrogens with one attached hydrogen (secondary N) is 3. The van der Waals surface area contributed by atoms with Gasteiger partial charge in [0.1, 0.15) is 4.90 Å². The van der Waals surface area contributed by atoms with Gasteiger partial charge >= 0.3 is 0 Å². The second-order valence-electron chi connectivity index (χ2n) is 11.0. The fourth-order valence-corrected chi connectivity index (χ4v) is 7.23. The Morgan fingerprint density at radius 2 is 1.56 bits per heavy atom. The summed E-state index contributed by atoms with van der Waals surface area (Å²) < 4.78 is 69.3. The molecular formula is C33H22Cl2N6O9S2. The number of rotatable bonds is 10. The minimum atomic E-state index is -5.12. The summed E-state index contributed by atoms with van der Waals surface area (Å²) >= 11 is 11.8. The van der Waals surface area contributed by atoms with E-state index < -0.39 is 58.2 Å². The number of fused-ring (bicyclic) bond motifs is 2. The molecule has 0 radical (unpaired) electrons. The third-order valence-corrected chi connectivity index (χ3v) is 9.70. The van der Waals surface area contributed by atoms with E-state index in [2.05, 4.69) is 37.1 Å². The first-order valence-corrected chi connectivity index (χ1v) is 18.3. The first-order valence-electron chi connectivity index (χ1n) is 14.6. The van der Waals surface area contributed by atoms with Crippen molar-refractivity contribution in [3.8, 4) is 11.1 Å². The topological polar surface area (TPSA) is 238 Å². The monoisotopic (exact) mass is 780 g/mol. The normalized spacial score (nSPS) is 12.9. The number of anilines is 2. The van der Waals surface area contributed by atoms with Gasteiger partial charge in [-0.3, -0.25) is 23.5 Å². The largest absolute Gasteiger partial charge is 0.355 e. The Morgan fingerprint density at radius 1 is 0.885 bits per heavy atom. The van der Waals surface area contributed by atoms with Gasteiger partial charge < -0.3 is 15.6 Å². The summed E-state index contributed by atoms with van der Waals surface area (Å²) in [7, 11) is -9.88. The van der Waals surface area contributed by atoms with Gasteiger partial charge in [-0.2, -0.15) is 31.8 Å². The summed E-state index contributed by atoms with van der Waals surface area (Å²) in [4.78, 5) is 54.6. The fourth-order valence-electron chi connectivity index (χ4n) is 5.66. The Kier molecular flexibility index (Phi) is 9.43. The number of ketones is 2. The number of carbonyl (C=O) groups excluding carboxylic acids is 2. The van der Waals surface area contributed by atoms with E-state index in [1.54, 1.807) is 25.1 Å². The van der Waals surface area contributed by atoms with Crippen LogP contribution in [0.25, 0.3) is 22.0 Å². The van der Waals surface area contributed by atoms with Crippen LogP contribution in [0.5, 0.6) is 0 Å². The van der Waals surface area contributed by atoms with Crippen LogP contribution in [0.1, 0.15) is 38.8 Å². The lowest BCUT2D eigenvalue weighted by Crippen LogP contribution is -2.25. The van der Waals surface area contributed by atoms with Crippen LogP contribution in [0.15, 0.2) is 105 Å². The molecule has 2 heterocycles. The van der Waals surface area contributed by atoms with Gasteiger partial charge in [0.05, 0.1) is 27.2 Å². The lowest BCUT2D eigenvalue weighted by atomic mass is 9.80. The molecule has 0 aliphatic heterocycles. The van der Waals surface area contributed by atoms with Crippen molar-refractivity contribution >= 4 is 77.5 Å². The second kappa shape index (κ2) is 13.5. The van der Waals surface area contributed by atoms with Crippen molar-refractivity contribution in [1.29, 1.82) is 0 Å². The molecular weight excluding hydrogens is 759 g/mol. The van der Waals surface area contributed by atoms with Crippen LogP contribution in [0, 0.1) is 0 Å². The number of pyridine rings is 1. The van der Waals surface area contributed by atoms with Crippen LogP contribution in [0.3, 0.4) is 0 Å². The van der Waals surface area contributed by atoms with Crippen LogP contribution in [0.4, 0.5) is 11.6 Å². The maximum absolute atomic E-state index is 14.2. The van der Waals surface area contributed by atoms with E-state index in [-0.39, 0.29) is 61.1 Å². The summed E-state index contributed by atoms with van der Waals surface area (Å²) in [5.41, 5.74) is -2.56. The van der Waals surface area contributed by atoms with Crippen molar-refractivity contribution in [2.45, 2.75) is 16.7 Å². The van der Waals surface area contributed by atoms with Gasteiger partial charge in [0.2, 0.25) is 16.5 Å². The minimum Gasteiger partial charge on any atom is -0.355 e. The van der Waals surface area contributed by atoms with Gasteiger partial charge in [-0.1, -0.05) is 49.1 Å². The number of nitrogens with zero attached hydrogens (tertiary/aromatic N) is 3. The van der Waals surface area contributed by atoms with Crippen LogP contribution in [-0.4, -0.2) is 57.4 Å². The Balaban J connectivity index is 1.61. The average Bonchev–Trinajstić information content (AvgIpc) is 3.05. The zero-order valence-electron chi connectivity index (χ0n) is 26.3. The van der Waals surface area contributed by atoms with E-state index in [0.717, 1.165) is 18.2 Å². The number of carbonyl (C=O) groups is 2. The highest BCUT2D eigenvalue weighted by atomic mass is 35.5. The molecule has 19 heteroatoms. The minimum absolute atomic E-state index is 0.0312. The van der Waals surface area contributed by atoms with Gasteiger partial charge in [0.25, 0.3) is 25.8 Å². The van der Waals surface area contributed by atoms with Crippen LogP contribution < -0.4 is 16.2 Å². The molecule has 264 valence electrons. The smallest absolute Gasteiger partial charge is 0.296 e. The van der Waals surface area contributed by atoms with Crippen molar-refractivity contribution in [2.75, 3.05) is 10.6 Å². The van der Waals surface area contributed by atoms with Crippen molar-refractivity contribution in [3.05, 3.63) is 134 Å². The molecule has 1 aliphatic rings. The highest BCUT2D eigenvalue weighted by Crippen LogP contribution is 2.45. The highest BCUT2D eigenvalue weighted by Gasteiger charge is 2.36. The lowest BCUT2D eigenvalue weighted by molar-refractivity contribution is 0.102. The molecule has 0 unspecified atom stereocenters. The Labute approximate surface area is 304 Å². The molecule has 52 heavy (non-hydrogen) atoms. The van der Waals surface area contributed by atoms with Gasteiger partial charge in [0, 0.05) is 33.5 Å². The maximum Gasteiger partial charge on any atom is 0.296 e. The molecule has 15 nitrogen and oxygen atoms in total. The van der Waals surface area contributed by atoms with E-state index in [1.807, 2.05) is 0 Å². The summed E-state index contributed by atoms with van der Waals surface area (Å²) in [5.74, 6) is -1.69. The molecule has 0 fully saturated rings. The molecule has 0 bridgehead atoms. The summed E-state index contributed by atoms with van der Waals surface area (Å²) in [5, 5.41) is 5.17. The van der Waals surface area contributed by atoms with Crippen molar-refractivity contribution in [1.82, 2.24) is 19.9 Å². The lowest BCUT2D eigenvalue weighted by Gasteiger charge is -2.25. The number of H-pyrrole nitrogens is 1. The van der Waals surface area contributed by atoms with E-state index in [4.69, 9.17) is 23.2 Å². The van der Waals surface area contributed by atoms with Gasteiger partial charge in [-0.15, -0.1) is 0 Å². The Morgan fingerprint density at radius 3 is 2.19 bits per heavy atom. The number of hydrogen-bond donors (Lipinski definition) is 5. The van der Waals surface area contributed by atoms with Crippen LogP contribution in [0.2, 0.25) is 10.6 Å².